The number of amides is 2. The predicted molar refractivity (Wildman–Crippen MR) is 126 cm³/mol. The third-order valence-corrected chi connectivity index (χ3v) is 8.13. The lowest BCUT2D eigenvalue weighted by Gasteiger charge is -2.60. The van der Waals surface area contributed by atoms with Gasteiger partial charge in [0.2, 0.25) is 5.91 Å². The van der Waals surface area contributed by atoms with Crippen LogP contribution in [0.25, 0.3) is 0 Å². The number of hydrogen-bond acceptors (Lipinski definition) is 5. The number of fused-ring (bicyclic) bond motifs is 1. The van der Waals surface area contributed by atoms with Crippen LogP contribution in [-0.2, 0) is 16.1 Å². The summed E-state index contributed by atoms with van der Waals surface area (Å²) < 4.78 is 32.6. The highest BCUT2D eigenvalue weighted by atomic mass is 19.1. The van der Waals surface area contributed by atoms with Crippen LogP contribution in [0.2, 0.25) is 0 Å². The van der Waals surface area contributed by atoms with E-state index in [1.54, 1.807) is 6.08 Å². The minimum atomic E-state index is -0.744. The molecule has 35 heavy (non-hydrogen) atoms. The second-order valence-corrected chi connectivity index (χ2v) is 10.3. The molecule has 1 aromatic rings. The van der Waals surface area contributed by atoms with Crippen molar-refractivity contribution in [1.82, 2.24) is 10.6 Å². The van der Waals surface area contributed by atoms with Gasteiger partial charge in [0.25, 0.3) is 0 Å². The van der Waals surface area contributed by atoms with Crippen molar-refractivity contribution >= 4 is 12.0 Å². The Balaban J connectivity index is 1.72. The molecule has 7 nitrogen and oxygen atoms in total. The number of carbonyl (C=O) groups excluding carboxylic acids is 2. The Morgan fingerprint density at radius 1 is 1.17 bits per heavy atom. The summed E-state index contributed by atoms with van der Waals surface area (Å²) >= 11 is 0. The van der Waals surface area contributed by atoms with Gasteiger partial charge in [0.05, 0.1) is 12.7 Å². The summed E-state index contributed by atoms with van der Waals surface area (Å²) in [7, 11) is 0. The Morgan fingerprint density at radius 2 is 1.86 bits per heavy atom. The van der Waals surface area contributed by atoms with Gasteiger partial charge in [-0.05, 0) is 60.6 Å². The second kappa shape index (κ2) is 11.0. The van der Waals surface area contributed by atoms with Gasteiger partial charge in [0.15, 0.2) is 0 Å². The zero-order valence-corrected chi connectivity index (χ0v) is 20.4. The molecule has 0 bridgehead atoms. The van der Waals surface area contributed by atoms with Crippen LogP contribution in [-0.4, -0.2) is 47.6 Å². The molecular formula is C26H36F2N2O5. The average Bonchev–Trinajstić information content (AvgIpc) is 2.80. The fourth-order valence-corrected chi connectivity index (χ4v) is 6.29. The lowest BCUT2D eigenvalue weighted by atomic mass is 9.46. The number of hydrogen-bond donors (Lipinski definition) is 4. The molecule has 194 valence electrons. The topological polar surface area (TPSA) is 108 Å². The first-order valence-electron chi connectivity index (χ1n) is 12.1. The molecule has 9 heteroatoms. The van der Waals surface area contributed by atoms with E-state index < -0.39 is 40.8 Å². The van der Waals surface area contributed by atoms with Crippen LogP contribution >= 0.6 is 0 Å². The molecule has 3 rings (SSSR count). The van der Waals surface area contributed by atoms with E-state index in [0.29, 0.717) is 31.2 Å². The number of halogens is 2. The van der Waals surface area contributed by atoms with Crippen molar-refractivity contribution in [2.75, 3.05) is 13.2 Å². The van der Waals surface area contributed by atoms with Gasteiger partial charge in [-0.1, -0.05) is 19.9 Å². The molecule has 1 unspecified atom stereocenters. The standard InChI is InChI=1S/C26H36F2N2O5/c1-4-9-29-24(34)35-22-7-8-25(2)19(20(32)5-6-21(25)26(22,3)15-31)13-23(33)30-14-16-10-17(27)12-18(28)11-16/h4,10-12,19-22,31-32H,1,5-9,13-15H2,2-3H3,(H,29,34)(H,30,33)/t19-,20-,21?,22-,25+,26+/m1/s1. The fourth-order valence-electron chi connectivity index (χ4n) is 6.29. The van der Waals surface area contributed by atoms with Crippen LogP contribution in [0.4, 0.5) is 13.6 Å². The molecular weight excluding hydrogens is 458 g/mol. The zero-order chi connectivity index (χ0) is 25.8. The summed E-state index contributed by atoms with van der Waals surface area (Å²) in [4.78, 5) is 25.0. The highest BCUT2D eigenvalue weighted by molar-refractivity contribution is 5.76. The van der Waals surface area contributed by atoms with E-state index >= 15 is 0 Å². The SMILES string of the molecule is C=CCNC(=O)O[C@@H]1CC[C@]2(C)C(CC[C@@H](O)[C@H]2CC(=O)NCc2cc(F)cc(F)c2)[C@]1(C)CO. The van der Waals surface area contributed by atoms with Crippen molar-refractivity contribution in [1.29, 1.82) is 0 Å². The maximum Gasteiger partial charge on any atom is 0.407 e. The largest absolute Gasteiger partial charge is 0.446 e. The Morgan fingerprint density at radius 3 is 2.49 bits per heavy atom. The van der Waals surface area contributed by atoms with E-state index in [4.69, 9.17) is 4.74 Å². The van der Waals surface area contributed by atoms with E-state index in [-0.39, 0.29) is 43.9 Å². The van der Waals surface area contributed by atoms with Crippen molar-refractivity contribution in [2.45, 2.75) is 64.7 Å². The fraction of sp³-hybridized carbons (Fsp3) is 0.615. The first kappa shape index (κ1) is 27.1. The Bertz CT molecular complexity index is 924. The molecule has 2 aliphatic rings. The third kappa shape index (κ3) is 5.83. The summed E-state index contributed by atoms with van der Waals surface area (Å²) in [5.74, 6) is -2.23. The van der Waals surface area contributed by atoms with Gasteiger partial charge in [-0.2, -0.15) is 0 Å². The summed E-state index contributed by atoms with van der Waals surface area (Å²) in [6, 6.07) is 3.09. The maximum absolute atomic E-state index is 13.4. The van der Waals surface area contributed by atoms with Crippen LogP contribution in [0.15, 0.2) is 30.9 Å². The van der Waals surface area contributed by atoms with Crippen LogP contribution < -0.4 is 10.6 Å². The number of aliphatic hydroxyl groups excluding tert-OH is 2. The number of nitrogens with one attached hydrogen (secondary N) is 2. The predicted octanol–water partition coefficient (Wildman–Crippen LogP) is 3.44. The number of ether oxygens (including phenoxy) is 1. The van der Waals surface area contributed by atoms with Crippen LogP contribution in [0.5, 0.6) is 0 Å². The first-order valence-corrected chi connectivity index (χ1v) is 12.1. The van der Waals surface area contributed by atoms with Gasteiger partial charge in [-0.3, -0.25) is 4.79 Å². The molecule has 2 saturated carbocycles. The van der Waals surface area contributed by atoms with Crippen molar-refractivity contribution in [3.05, 3.63) is 48.1 Å². The molecule has 2 fully saturated rings. The summed E-state index contributed by atoms with van der Waals surface area (Å²) in [6.45, 7) is 7.53. The van der Waals surface area contributed by atoms with Gasteiger partial charge < -0.3 is 25.6 Å². The van der Waals surface area contributed by atoms with E-state index in [9.17, 15) is 28.6 Å². The molecule has 0 radical (unpaired) electrons. The van der Waals surface area contributed by atoms with E-state index in [1.807, 2.05) is 13.8 Å². The summed E-state index contributed by atoms with van der Waals surface area (Å²) in [5, 5.41) is 26.6. The van der Waals surface area contributed by atoms with Gasteiger partial charge >= 0.3 is 6.09 Å². The van der Waals surface area contributed by atoms with Crippen molar-refractivity contribution in [2.24, 2.45) is 22.7 Å². The normalized spacial score (nSPS) is 32.3. The molecule has 0 spiro atoms. The Hall–Kier alpha value is -2.52. The number of benzene rings is 1. The van der Waals surface area contributed by atoms with Gasteiger partial charge in [0.1, 0.15) is 17.7 Å². The molecule has 6 atom stereocenters. The van der Waals surface area contributed by atoms with E-state index in [2.05, 4.69) is 17.2 Å². The lowest BCUT2D eigenvalue weighted by Crippen LogP contribution is -2.61. The number of alkyl carbamates (subject to hydrolysis) is 1. The highest BCUT2D eigenvalue weighted by Gasteiger charge is 2.60. The van der Waals surface area contributed by atoms with Crippen molar-refractivity contribution in [3.8, 4) is 0 Å². The second-order valence-electron chi connectivity index (χ2n) is 10.3. The number of aliphatic hydroxyl groups is 2. The molecule has 0 saturated heterocycles. The van der Waals surface area contributed by atoms with Crippen LogP contribution in [0, 0.1) is 34.3 Å². The summed E-state index contributed by atoms with van der Waals surface area (Å²) in [5.41, 5.74) is -0.911. The molecule has 0 heterocycles. The van der Waals surface area contributed by atoms with Crippen molar-refractivity contribution < 1.29 is 33.3 Å². The maximum atomic E-state index is 13.4. The van der Waals surface area contributed by atoms with Gasteiger partial charge in [0, 0.05) is 31.0 Å². The van der Waals surface area contributed by atoms with Gasteiger partial charge in [-0.25, -0.2) is 13.6 Å². The Labute approximate surface area is 204 Å². The third-order valence-electron chi connectivity index (χ3n) is 8.13. The molecule has 1 aromatic carbocycles. The molecule has 4 N–H and O–H groups in total. The monoisotopic (exact) mass is 494 g/mol. The minimum absolute atomic E-state index is 0.0272. The average molecular weight is 495 g/mol. The van der Waals surface area contributed by atoms with Crippen molar-refractivity contribution in [3.63, 3.8) is 0 Å². The minimum Gasteiger partial charge on any atom is -0.446 e. The van der Waals surface area contributed by atoms with Crippen LogP contribution in [0.3, 0.4) is 0 Å². The van der Waals surface area contributed by atoms with E-state index in [0.717, 1.165) is 18.2 Å². The quantitative estimate of drug-likeness (QED) is 0.414. The smallest absolute Gasteiger partial charge is 0.407 e. The molecule has 0 aromatic heterocycles. The Kier molecular flexibility index (Phi) is 8.54. The number of carbonyl (C=O) groups is 2. The van der Waals surface area contributed by atoms with Gasteiger partial charge in [-0.15, -0.1) is 6.58 Å². The molecule has 0 aliphatic heterocycles. The van der Waals surface area contributed by atoms with Crippen LogP contribution in [0.1, 0.15) is 51.5 Å². The number of rotatable bonds is 8. The van der Waals surface area contributed by atoms with E-state index in [1.165, 1.54) is 0 Å². The highest BCUT2D eigenvalue weighted by Crippen LogP contribution is 2.61. The first-order chi connectivity index (χ1) is 16.5. The zero-order valence-electron chi connectivity index (χ0n) is 20.4. The summed E-state index contributed by atoms with van der Waals surface area (Å²) in [6.07, 6.45) is 1.98. The molecule has 2 aliphatic carbocycles. The molecule has 2 amide bonds. The lowest BCUT2D eigenvalue weighted by molar-refractivity contribution is -0.185.